The molecule has 96 valence electrons. The summed E-state index contributed by atoms with van der Waals surface area (Å²) in [6, 6.07) is 4.07. The van der Waals surface area contributed by atoms with Gasteiger partial charge in [0.05, 0.1) is 7.11 Å². The van der Waals surface area contributed by atoms with Crippen LogP contribution < -0.4 is 16.2 Å². The molecule has 0 aromatic heterocycles. The van der Waals surface area contributed by atoms with Gasteiger partial charge in [0.2, 0.25) is 0 Å². The van der Waals surface area contributed by atoms with E-state index in [0.29, 0.717) is 23.8 Å². The van der Waals surface area contributed by atoms with Gasteiger partial charge in [0.1, 0.15) is 11.6 Å². The third-order valence-corrected chi connectivity index (χ3v) is 3.14. The molecule has 2 atom stereocenters. The first-order valence-electron chi connectivity index (χ1n) is 5.80. The van der Waals surface area contributed by atoms with Gasteiger partial charge < -0.3 is 16.2 Å². The van der Waals surface area contributed by atoms with Crippen molar-refractivity contribution < 1.29 is 9.13 Å². The van der Waals surface area contributed by atoms with Gasteiger partial charge in [-0.3, -0.25) is 0 Å². The lowest BCUT2D eigenvalue weighted by Crippen LogP contribution is -2.32. The minimum atomic E-state index is -0.314. The zero-order valence-corrected chi connectivity index (χ0v) is 10.6. The number of halogens is 1. The van der Waals surface area contributed by atoms with Crippen LogP contribution in [0.15, 0.2) is 18.2 Å². The maximum absolute atomic E-state index is 13.3. The molecule has 1 aromatic rings. The van der Waals surface area contributed by atoms with Crippen LogP contribution in [0, 0.1) is 17.7 Å². The van der Waals surface area contributed by atoms with E-state index in [1.807, 2.05) is 0 Å². The van der Waals surface area contributed by atoms with Crippen molar-refractivity contribution in [3.8, 4) is 5.75 Å². The predicted molar refractivity (Wildman–Crippen MR) is 67.3 cm³/mol. The molecule has 0 saturated heterocycles. The third kappa shape index (κ3) is 3.17. The third-order valence-electron chi connectivity index (χ3n) is 3.14. The Hall–Kier alpha value is -1.13. The minimum absolute atomic E-state index is 0.102. The molecule has 0 aliphatic carbocycles. The molecule has 0 aliphatic rings. The number of hydrogen-bond acceptors (Lipinski definition) is 3. The average molecular weight is 240 g/mol. The monoisotopic (exact) mass is 240 g/mol. The summed E-state index contributed by atoms with van der Waals surface area (Å²) >= 11 is 0. The zero-order valence-electron chi connectivity index (χ0n) is 10.6. The maximum Gasteiger partial charge on any atom is 0.123 e. The lowest BCUT2D eigenvalue weighted by atomic mass is 9.85. The van der Waals surface area contributed by atoms with Crippen LogP contribution in [0.3, 0.4) is 0 Å². The number of hydrogen-bond donors (Lipinski definition) is 2. The van der Waals surface area contributed by atoms with Gasteiger partial charge >= 0.3 is 0 Å². The molecule has 2 unspecified atom stereocenters. The average Bonchev–Trinajstić information content (AvgIpc) is 2.29. The molecule has 0 saturated carbocycles. The van der Waals surface area contributed by atoms with Crippen molar-refractivity contribution in [3.05, 3.63) is 29.6 Å². The molecule has 0 fully saturated rings. The number of nitrogens with two attached hydrogens (primary N) is 2. The zero-order chi connectivity index (χ0) is 13.0. The Labute approximate surface area is 102 Å². The van der Waals surface area contributed by atoms with Crippen LogP contribution in [0.2, 0.25) is 0 Å². The van der Waals surface area contributed by atoms with Crippen molar-refractivity contribution in [1.82, 2.24) is 0 Å². The van der Waals surface area contributed by atoms with E-state index in [4.69, 9.17) is 16.2 Å². The van der Waals surface area contributed by atoms with E-state index >= 15 is 0 Å². The summed E-state index contributed by atoms with van der Waals surface area (Å²) < 4.78 is 18.5. The molecule has 0 heterocycles. The molecule has 3 nitrogen and oxygen atoms in total. The molecular formula is C13H21FN2O. The van der Waals surface area contributed by atoms with Gasteiger partial charge in [0.15, 0.2) is 0 Å². The molecule has 0 spiro atoms. The summed E-state index contributed by atoms with van der Waals surface area (Å²) in [7, 11) is 1.55. The van der Waals surface area contributed by atoms with Crippen molar-refractivity contribution in [2.45, 2.75) is 19.9 Å². The van der Waals surface area contributed by atoms with Gasteiger partial charge in [-0.1, -0.05) is 13.8 Å². The topological polar surface area (TPSA) is 61.3 Å². The molecule has 4 N–H and O–H groups in total. The van der Waals surface area contributed by atoms with E-state index < -0.39 is 0 Å². The first-order valence-corrected chi connectivity index (χ1v) is 5.80. The van der Waals surface area contributed by atoms with Crippen molar-refractivity contribution in [1.29, 1.82) is 0 Å². The van der Waals surface area contributed by atoms with Crippen LogP contribution in [0.1, 0.15) is 25.5 Å². The maximum atomic E-state index is 13.3. The van der Waals surface area contributed by atoms with Gasteiger partial charge in [-0.25, -0.2) is 4.39 Å². The fourth-order valence-electron chi connectivity index (χ4n) is 2.03. The Kier molecular flexibility index (Phi) is 4.90. The molecule has 0 amide bonds. The summed E-state index contributed by atoms with van der Waals surface area (Å²) in [4.78, 5) is 0. The lowest BCUT2D eigenvalue weighted by Gasteiger charge is -2.27. The van der Waals surface area contributed by atoms with Gasteiger partial charge in [0.25, 0.3) is 0 Å². The Balaban J connectivity index is 3.08. The van der Waals surface area contributed by atoms with Crippen molar-refractivity contribution in [2.75, 3.05) is 13.7 Å². The van der Waals surface area contributed by atoms with Crippen molar-refractivity contribution >= 4 is 0 Å². The summed E-state index contributed by atoms with van der Waals surface area (Å²) in [5.41, 5.74) is 12.6. The van der Waals surface area contributed by atoms with E-state index in [2.05, 4.69) is 13.8 Å². The van der Waals surface area contributed by atoms with Gasteiger partial charge in [-0.05, 0) is 36.6 Å². The molecule has 17 heavy (non-hydrogen) atoms. The Morgan fingerprint density at radius 1 is 1.35 bits per heavy atom. The molecule has 1 aromatic carbocycles. The molecule has 0 radical (unpaired) electrons. The van der Waals surface area contributed by atoms with E-state index in [9.17, 15) is 4.39 Å². The van der Waals surface area contributed by atoms with Crippen LogP contribution in [0.4, 0.5) is 4.39 Å². The van der Waals surface area contributed by atoms with E-state index in [1.165, 1.54) is 12.1 Å². The Morgan fingerprint density at radius 3 is 2.47 bits per heavy atom. The van der Waals surface area contributed by atoms with Crippen molar-refractivity contribution in [3.63, 3.8) is 0 Å². The van der Waals surface area contributed by atoms with E-state index in [1.54, 1.807) is 13.2 Å². The van der Waals surface area contributed by atoms with Crippen LogP contribution in [0.25, 0.3) is 0 Å². The van der Waals surface area contributed by atoms with Gasteiger partial charge in [-0.2, -0.15) is 0 Å². The second-order valence-electron chi connectivity index (χ2n) is 4.56. The van der Waals surface area contributed by atoms with E-state index in [-0.39, 0.29) is 17.8 Å². The summed E-state index contributed by atoms with van der Waals surface area (Å²) in [5.74, 6) is 0.738. The first-order chi connectivity index (χ1) is 8.01. The molecule has 4 heteroatoms. The highest BCUT2D eigenvalue weighted by Crippen LogP contribution is 2.31. The fraction of sp³-hybridized carbons (Fsp3) is 0.538. The number of ether oxygens (including phenoxy) is 1. The van der Waals surface area contributed by atoms with Gasteiger partial charge in [-0.15, -0.1) is 0 Å². The second-order valence-corrected chi connectivity index (χ2v) is 4.56. The largest absolute Gasteiger partial charge is 0.496 e. The van der Waals surface area contributed by atoms with Crippen LogP contribution in [-0.2, 0) is 0 Å². The molecule has 0 bridgehead atoms. The van der Waals surface area contributed by atoms with Crippen LogP contribution in [0.5, 0.6) is 5.75 Å². The highest BCUT2D eigenvalue weighted by molar-refractivity contribution is 5.36. The fourth-order valence-corrected chi connectivity index (χ4v) is 2.03. The summed E-state index contributed by atoms with van der Waals surface area (Å²) in [5, 5.41) is 0. The van der Waals surface area contributed by atoms with Crippen molar-refractivity contribution in [2.24, 2.45) is 23.3 Å². The summed E-state index contributed by atoms with van der Waals surface area (Å²) in [6.45, 7) is 4.59. The summed E-state index contributed by atoms with van der Waals surface area (Å²) in [6.07, 6.45) is 0. The predicted octanol–water partition coefficient (Wildman–Crippen LogP) is 2.06. The number of rotatable bonds is 5. The molecular weight excluding hydrogens is 219 g/mol. The number of benzene rings is 1. The van der Waals surface area contributed by atoms with Crippen LogP contribution >= 0.6 is 0 Å². The smallest absolute Gasteiger partial charge is 0.123 e. The normalized spacial score (nSPS) is 14.8. The lowest BCUT2D eigenvalue weighted by molar-refractivity contribution is 0.319. The standard InChI is InChI=1S/C13H21FN2O/c1-8(2)11(7-15)13(16)10-6-9(14)4-5-12(10)17-3/h4-6,8,11,13H,7,15-16H2,1-3H3. The highest BCUT2D eigenvalue weighted by Gasteiger charge is 2.24. The Bertz CT molecular complexity index is 368. The van der Waals surface area contributed by atoms with Gasteiger partial charge in [0, 0.05) is 11.6 Å². The molecule has 0 aliphatic heterocycles. The minimum Gasteiger partial charge on any atom is -0.496 e. The van der Waals surface area contributed by atoms with Crippen LogP contribution in [-0.4, -0.2) is 13.7 Å². The molecule has 1 rings (SSSR count). The first kappa shape index (κ1) is 13.9. The highest BCUT2D eigenvalue weighted by atomic mass is 19.1. The quantitative estimate of drug-likeness (QED) is 0.828. The Morgan fingerprint density at radius 2 is 2.00 bits per heavy atom. The number of methoxy groups -OCH3 is 1. The van der Waals surface area contributed by atoms with E-state index in [0.717, 1.165) is 0 Å². The second kappa shape index (κ2) is 5.98. The SMILES string of the molecule is COc1ccc(F)cc1C(N)C(CN)C(C)C.